The van der Waals surface area contributed by atoms with Crippen LogP contribution >= 0.6 is 11.3 Å². The molecule has 0 amide bonds. The summed E-state index contributed by atoms with van der Waals surface area (Å²) in [5.74, 6) is 0.0940. The van der Waals surface area contributed by atoms with E-state index in [9.17, 15) is 4.79 Å². The lowest BCUT2D eigenvalue weighted by Crippen LogP contribution is -1.89. The minimum Gasteiger partial charge on any atom is -0.294 e. The van der Waals surface area contributed by atoms with E-state index in [-0.39, 0.29) is 5.78 Å². The molecule has 0 aliphatic rings. The van der Waals surface area contributed by atoms with Crippen LogP contribution in [0.4, 0.5) is 0 Å². The fourth-order valence-corrected chi connectivity index (χ4v) is 2.87. The van der Waals surface area contributed by atoms with E-state index >= 15 is 0 Å². The molecule has 0 aliphatic heterocycles. The molecule has 0 fully saturated rings. The quantitative estimate of drug-likeness (QED) is 0.750. The average Bonchev–Trinajstić information content (AvgIpc) is 2.64. The Bertz CT molecular complexity index is 584. The minimum atomic E-state index is 0.0940. The summed E-state index contributed by atoms with van der Waals surface area (Å²) in [7, 11) is 0. The molecular weight excluding hydrogens is 230 g/mol. The van der Waals surface area contributed by atoms with Crippen LogP contribution in [-0.2, 0) is 0 Å². The highest BCUT2D eigenvalue weighted by atomic mass is 32.1. The molecular formula is C14H15NOS. The first kappa shape index (κ1) is 12.0. The van der Waals surface area contributed by atoms with Crippen LogP contribution in [0.5, 0.6) is 0 Å². The summed E-state index contributed by atoms with van der Waals surface area (Å²) in [5.41, 5.74) is 4.44. The topological polar surface area (TPSA) is 30.0 Å². The third kappa shape index (κ3) is 2.15. The van der Waals surface area contributed by atoms with Gasteiger partial charge in [0, 0.05) is 12.5 Å². The van der Waals surface area contributed by atoms with Gasteiger partial charge in [-0.05, 0) is 31.9 Å². The van der Waals surface area contributed by atoms with Crippen molar-refractivity contribution in [1.29, 1.82) is 0 Å². The molecule has 0 N–H and O–H groups in total. The predicted octanol–water partition coefficient (Wildman–Crippen LogP) is 3.94. The number of thiazole rings is 1. The lowest BCUT2D eigenvalue weighted by atomic mass is 10.0. The number of aromatic nitrogens is 1. The highest BCUT2D eigenvalue weighted by Crippen LogP contribution is 2.31. The van der Waals surface area contributed by atoms with Crippen molar-refractivity contribution in [2.45, 2.75) is 27.7 Å². The van der Waals surface area contributed by atoms with Crippen molar-refractivity contribution < 1.29 is 4.79 Å². The van der Waals surface area contributed by atoms with E-state index < -0.39 is 0 Å². The zero-order valence-corrected chi connectivity index (χ0v) is 11.3. The van der Waals surface area contributed by atoms with Crippen molar-refractivity contribution in [3.05, 3.63) is 39.9 Å². The first-order valence-electron chi connectivity index (χ1n) is 5.55. The predicted molar refractivity (Wildman–Crippen MR) is 71.8 cm³/mol. The summed E-state index contributed by atoms with van der Waals surface area (Å²) in [5, 5.41) is 0.939. The lowest BCUT2D eigenvalue weighted by Gasteiger charge is -2.04. The Labute approximate surface area is 105 Å². The van der Waals surface area contributed by atoms with Crippen LogP contribution in [0.15, 0.2) is 18.2 Å². The molecule has 0 saturated carbocycles. The molecule has 2 aromatic rings. The van der Waals surface area contributed by atoms with Crippen molar-refractivity contribution in [1.82, 2.24) is 4.98 Å². The maximum atomic E-state index is 11.4. The normalized spacial score (nSPS) is 10.6. The largest absolute Gasteiger partial charge is 0.294 e. The van der Waals surface area contributed by atoms with Crippen molar-refractivity contribution in [3.8, 4) is 10.6 Å². The van der Waals surface area contributed by atoms with Crippen LogP contribution in [0.2, 0.25) is 0 Å². The third-order valence-corrected chi connectivity index (χ3v) is 4.24. The van der Waals surface area contributed by atoms with Crippen LogP contribution < -0.4 is 0 Å². The van der Waals surface area contributed by atoms with Crippen LogP contribution in [0.1, 0.15) is 33.4 Å². The number of carbonyl (C=O) groups is 1. The second-order valence-electron chi connectivity index (χ2n) is 4.24. The Morgan fingerprint density at radius 3 is 2.53 bits per heavy atom. The maximum Gasteiger partial charge on any atom is 0.171 e. The van der Waals surface area contributed by atoms with Crippen LogP contribution in [0.3, 0.4) is 0 Å². The molecule has 0 atom stereocenters. The second-order valence-corrected chi connectivity index (χ2v) is 5.24. The van der Waals surface area contributed by atoms with Gasteiger partial charge in [0.2, 0.25) is 0 Å². The summed E-state index contributed by atoms with van der Waals surface area (Å²) in [6.45, 7) is 7.66. The van der Waals surface area contributed by atoms with Gasteiger partial charge in [0.05, 0.1) is 10.6 Å². The van der Waals surface area contributed by atoms with E-state index in [1.807, 2.05) is 13.0 Å². The van der Waals surface area contributed by atoms with E-state index in [0.29, 0.717) is 0 Å². The first-order chi connectivity index (χ1) is 8.00. The van der Waals surface area contributed by atoms with Gasteiger partial charge in [0.1, 0.15) is 5.01 Å². The van der Waals surface area contributed by atoms with E-state index in [4.69, 9.17) is 0 Å². The zero-order chi connectivity index (χ0) is 12.6. The highest BCUT2D eigenvalue weighted by Gasteiger charge is 2.14. The summed E-state index contributed by atoms with van der Waals surface area (Å²) < 4.78 is 0. The highest BCUT2D eigenvalue weighted by molar-refractivity contribution is 7.17. The number of Topliss-reactive ketones (excluding diaryl/α,β-unsaturated/α-hetero) is 1. The van der Waals surface area contributed by atoms with Gasteiger partial charge in [-0.25, -0.2) is 4.98 Å². The van der Waals surface area contributed by atoms with Gasteiger partial charge in [-0.15, -0.1) is 11.3 Å². The summed E-state index contributed by atoms with van der Waals surface area (Å²) in [6, 6.07) is 6.18. The van der Waals surface area contributed by atoms with Gasteiger partial charge in [-0.1, -0.05) is 18.2 Å². The van der Waals surface area contributed by atoms with E-state index in [2.05, 4.69) is 31.0 Å². The maximum absolute atomic E-state index is 11.4. The van der Waals surface area contributed by atoms with Gasteiger partial charge < -0.3 is 0 Å². The number of nitrogens with zero attached hydrogens (tertiary/aromatic N) is 1. The molecule has 0 spiro atoms. The minimum absolute atomic E-state index is 0.0940. The monoisotopic (exact) mass is 245 g/mol. The van der Waals surface area contributed by atoms with E-state index in [0.717, 1.165) is 21.1 Å². The molecule has 1 aromatic carbocycles. The zero-order valence-electron chi connectivity index (χ0n) is 10.5. The number of hydrogen-bond donors (Lipinski definition) is 0. The lowest BCUT2D eigenvalue weighted by molar-refractivity contribution is 0.102. The van der Waals surface area contributed by atoms with E-state index in [1.54, 1.807) is 6.92 Å². The van der Waals surface area contributed by atoms with Gasteiger partial charge in [-0.3, -0.25) is 4.79 Å². The second kappa shape index (κ2) is 4.41. The van der Waals surface area contributed by atoms with Crippen molar-refractivity contribution in [2.24, 2.45) is 0 Å². The number of rotatable bonds is 2. The van der Waals surface area contributed by atoms with Crippen LogP contribution in [-0.4, -0.2) is 10.8 Å². The van der Waals surface area contributed by atoms with E-state index in [1.165, 1.54) is 22.5 Å². The molecule has 17 heavy (non-hydrogen) atoms. The number of aryl methyl sites for hydroxylation is 2. The number of benzene rings is 1. The molecule has 0 saturated heterocycles. The Morgan fingerprint density at radius 1 is 1.24 bits per heavy atom. The summed E-state index contributed by atoms with van der Waals surface area (Å²) in [6.07, 6.45) is 0. The molecule has 1 heterocycles. The third-order valence-electron chi connectivity index (χ3n) is 2.95. The molecule has 0 aliphatic carbocycles. The van der Waals surface area contributed by atoms with Crippen molar-refractivity contribution >= 4 is 17.1 Å². The van der Waals surface area contributed by atoms with Gasteiger partial charge >= 0.3 is 0 Å². The fraction of sp³-hybridized carbons (Fsp3) is 0.286. The Kier molecular flexibility index (Phi) is 3.11. The number of ketones is 1. The smallest absolute Gasteiger partial charge is 0.171 e. The van der Waals surface area contributed by atoms with Gasteiger partial charge in [0.25, 0.3) is 0 Å². The number of hydrogen-bond acceptors (Lipinski definition) is 3. The Hall–Kier alpha value is -1.48. The van der Waals surface area contributed by atoms with Crippen LogP contribution in [0.25, 0.3) is 10.6 Å². The fourth-order valence-electron chi connectivity index (χ4n) is 1.82. The molecule has 2 nitrogen and oxygen atoms in total. The van der Waals surface area contributed by atoms with Crippen molar-refractivity contribution in [2.75, 3.05) is 0 Å². The Balaban J connectivity index is 2.58. The average molecular weight is 245 g/mol. The molecule has 0 bridgehead atoms. The van der Waals surface area contributed by atoms with Gasteiger partial charge in [-0.2, -0.15) is 0 Å². The van der Waals surface area contributed by atoms with Crippen LogP contribution in [0, 0.1) is 20.8 Å². The summed E-state index contributed by atoms with van der Waals surface area (Å²) >= 11 is 1.48. The molecule has 3 heteroatoms. The molecule has 2 rings (SSSR count). The number of carbonyl (C=O) groups excluding carboxylic acids is 1. The standard InChI is InChI=1S/C14H15NOS/c1-8-6-5-7-12(9(8)2)14-15-10(3)13(17-14)11(4)16/h5-7H,1-4H3. The molecule has 0 unspecified atom stereocenters. The summed E-state index contributed by atoms with van der Waals surface area (Å²) in [4.78, 5) is 16.7. The molecule has 1 aromatic heterocycles. The molecule has 0 radical (unpaired) electrons. The molecule has 88 valence electrons. The van der Waals surface area contributed by atoms with Gasteiger partial charge in [0.15, 0.2) is 5.78 Å². The first-order valence-corrected chi connectivity index (χ1v) is 6.37. The van der Waals surface area contributed by atoms with Crippen molar-refractivity contribution in [3.63, 3.8) is 0 Å². The SMILES string of the molecule is CC(=O)c1sc(-c2cccc(C)c2C)nc1C. The Morgan fingerprint density at radius 2 is 1.94 bits per heavy atom.